The van der Waals surface area contributed by atoms with Gasteiger partial charge < -0.3 is 4.74 Å². The number of rotatable bonds is 3. The lowest BCUT2D eigenvalue weighted by Gasteiger charge is -2.31. The molecule has 3 nitrogen and oxygen atoms in total. The molecule has 3 heteroatoms. The average Bonchev–Trinajstić information content (AvgIpc) is 2.89. The summed E-state index contributed by atoms with van der Waals surface area (Å²) >= 11 is 0. The van der Waals surface area contributed by atoms with E-state index < -0.39 is 0 Å². The van der Waals surface area contributed by atoms with Gasteiger partial charge in [-0.25, -0.2) is 0 Å². The Bertz CT molecular complexity index is 352. The highest BCUT2D eigenvalue weighted by Crippen LogP contribution is 2.41. The van der Waals surface area contributed by atoms with Gasteiger partial charge in [0.05, 0.1) is 6.20 Å². The summed E-state index contributed by atoms with van der Waals surface area (Å²) in [6.07, 6.45) is 7.70. The zero-order valence-corrected chi connectivity index (χ0v) is 9.67. The van der Waals surface area contributed by atoms with E-state index >= 15 is 0 Å². The van der Waals surface area contributed by atoms with Crippen molar-refractivity contribution >= 4 is 0 Å². The van der Waals surface area contributed by atoms with E-state index in [0.29, 0.717) is 6.04 Å². The van der Waals surface area contributed by atoms with Crippen LogP contribution in [0.5, 0.6) is 5.75 Å². The highest BCUT2D eigenvalue weighted by Gasteiger charge is 2.43. The molecule has 1 aliphatic carbocycles. The smallest absolute Gasteiger partial charge is 0.137 e. The minimum atomic E-state index is 0.610. The number of likely N-dealkylation sites (tertiary alicyclic amines) is 1. The Kier molecular flexibility index (Phi) is 2.56. The first-order valence-corrected chi connectivity index (χ1v) is 6.09. The number of hydrogen-bond donors (Lipinski definition) is 0. The molecular formula is C13H18N2O. The molecule has 0 amide bonds. The van der Waals surface area contributed by atoms with Crippen molar-refractivity contribution in [1.82, 2.24) is 9.88 Å². The van der Waals surface area contributed by atoms with Crippen LogP contribution >= 0.6 is 0 Å². The van der Waals surface area contributed by atoms with Crippen molar-refractivity contribution < 1.29 is 4.74 Å². The predicted molar refractivity (Wildman–Crippen MR) is 62.4 cm³/mol. The highest BCUT2D eigenvalue weighted by atomic mass is 16.5. The molecule has 1 aromatic heterocycles. The van der Waals surface area contributed by atoms with Gasteiger partial charge in [0.1, 0.15) is 12.4 Å². The van der Waals surface area contributed by atoms with E-state index in [-0.39, 0.29) is 0 Å². The van der Waals surface area contributed by atoms with Crippen LogP contribution in [0.15, 0.2) is 24.5 Å². The van der Waals surface area contributed by atoms with Crippen molar-refractivity contribution in [2.75, 3.05) is 13.7 Å². The molecule has 16 heavy (non-hydrogen) atoms. The molecule has 1 saturated carbocycles. The molecule has 86 valence electrons. The monoisotopic (exact) mass is 218 g/mol. The topological polar surface area (TPSA) is 25.4 Å². The zero-order valence-electron chi connectivity index (χ0n) is 9.67. The van der Waals surface area contributed by atoms with E-state index in [1.807, 2.05) is 12.1 Å². The van der Waals surface area contributed by atoms with Gasteiger partial charge in [0.2, 0.25) is 0 Å². The number of fused-ring (bicyclic) bond motifs is 2. The van der Waals surface area contributed by atoms with Crippen LogP contribution in [0.25, 0.3) is 0 Å². The van der Waals surface area contributed by atoms with Gasteiger partial charge in [-0.05, 0) is 44.4 Å². The third-order valence-electron chi connectivity index (χ3n) is 4.14. The lowest BCUT2D eigenvalue weighted by Crippen LogP contribution is -2.41. The Labute approximate surface area is 96.4 Å². The fraction of sp³-hybridized carbons (Fsp3) is 0.615. The van der Waals surface area contributed by atoms with Crippen molar-refractivity contribution in [3.8, 4) is 5.75 Å². The number of likely N-dealkylation sites (N-methyl/N-ethyl adjacent to an activating group) is 1. The largest absolute Gasteiger partial charge is 0.490 e. The molecule has 0 radical (unpaired) electrons. The summed E-state index contributed by atoms with van der Waals surface area (Å²) in [5.74, 6) is 1.74. The van der Waals surface area contributed by atoms with E-state index in [2.05, 4.69) is 16.9 Å². The second-order valence-electron chi connectivity index (χ2n) is 4.96. The van der Waals surface area contributed by atoms with E-state index in [9.17, 15) is 0 Å². The van der Waals surface area contributed by atoms with Crippen molar-refractivity contribution in [1.29, 1.82) is 0 Å². The van der Waals surface area contributed by atoms with Crippen molar-refractivity contribution in [2.45, 2.75) is 31.3 Å². The first-order chi connectivity index (χ1) is 7.84. The first kappa shape index (κ1) is 10.1. The van der Waals surface area contributed by atoms with Crippen LogP contribution in [0, 0.1) is 5.92 Å². The average molecular weight is 218 g/mol. The molecule has 0 unspecified atom stereocenters. The number of ether oxygens (including phenoxy) is 1. The molecule has 1 aliphatic heterocycles. The second kappa shape index (κ2) is 4.06. The lowest BCUT2D eigenvalue weighted by atomic mass is 10.00. The predicted octanol–water partition coefficient (Wildman–Crippen LogP) is 1.94. The minimum absolute atomic E-state index is 0.610. The van der Waals surface area contributed by atoms with Crippen LogP contribution in [-0.2, 0) is 0 Å². The third kappa shape index (κ3) is 1.69. The normalized spacial score (nSPS) is 33.2. The van der Waals surface area contributed by atoms with Crippen molar-refractivity contribution in [2.24, 2.45) is 5.92 Å². The summed E-state index contributed by atoms with van der Waals surface area (Å²) in [6, 6.07) is 5.31. The van der Waals surface area contributed by atoms with E-state index in [1.54, 1.807) is 12.4 Å². The molecule has 1 aromatic rings. The molecule has 2 bridgehead atoms. The molecule has 0 spiro atoms. The molecule has 0 N–H and O–H groups in total. The zero-order chi connectivity index (χ0) is 11.0. The Morgan fingerprint density at radius 2 is 2.44 bits per heavy atom. The van der Waals surface area contributed by atoms with E-state index in [4.69, 9.17) is 4.74 Å². The fourth-order valence-corrected chi connectivity index (χ4v) is 3.18. The number of piperidine rings is 1. The van der Waals surface area contributed by atoms with Gasteiger partial charge in [0.25, 0.3) is 0 Å². The van der Waals surface area contributed by atoms with Gasteiger partial charge in [-0.3, -0.25) is 9.88 Å². The van der Waals surface area contributed by atoms with Gasteiger partial charge >= 0.3 is 0 Å². The van der Waals surface area contributed by atoms with Crippen LogP contribution in [0.1, 0.15) is 19.3 Å². The summed E-state index contributed by atoms with van der Waals surface area (Å²) in [5.41, 5.74) is 0. The SMILES string of the molecule is CN1[C@H]2CC[C@H](C2)[C@H]1COc1cccnc1. The molecule has 2 fully saturated rings. The number of pyridine rings is 1. The quantitative estimate of drug-likeness (QED) is 0.775. The second-order valence-corrected chi connectivity index (χ2v) is 4.96. The molecule has 1 saturated heterocycles. The molecule has 2 heterocycles. The maximum Gasteiger partial charge on any atom is 0.137 e. The summed E-state index contributed by atoms with van der Waals surface area (Å²) in [6.45, 7) is 0.809. The Hall–Kier alpha value is -1.09. The number of nitrogens with zero attached hydrogens (tertiary/aromatic N) is 2. The Morgan fingerprint density at radius 3 is 3.12 bits per heavy atom. The van der Waals surface area contributed by atoms with Crippen LogP contribution in [0.3, 0.4) is 0 Å². The molecule has 0 aromatic carbocycles. The standard InChI is InChI=1S/C13H18N2O/c1-15-11-5-4-10(7-11)13(15)9-16-12-3-2-6-14-8-12/h2-3,6,8,10-11,13H,4-5,7,9H2,1H3/t10-,11+,13-/m1/s1. The van der Waals surface area contributed by atoms with Crippen molar-refractivity contribution in [3.63, 3.8) is 0 Å². The fourth-order valence-electron chi connectivity index (χ4n) is 3.18. The summed E-state index contributed by atoms with van der Waals surface area (Å²) in [4.78, 5) is 6.56. The third-order valence-corrected chi connectivity index (χ3v) is 4.14. The molecular weight excluding hydrogens is 200 g/mol. The number of hydrogen-bond acceptors (Lipinski definition) is 3. The van der Waals surface area contributed by atoms with Gasteiger partial charge in [-0.2, -0.15) is 0 Å². The summed E-state index contributed by atoms with van der Waals surface area (Å²) in [5, 5.41) is 0. The summed E-state index contributed by atoms with van der Waals surface area (Å²) in [7, 11) is 2.24. The molecule has 2 aliphatic rings. The van der Waals surface area contributed by atoms with E-state index in [1.165, 1.54) is 19.3 Å². The lowest BCUT2D eigenvalue weighted by molar-refractivity contribution is 0.118. The maximum absolute atomic E-state index is 5.81. The van der Waals surface area contributed by atoms with Gasteiger partial charge in [0, 0.05) is 18.3 Å². The van der Waals surface area contributed by atoms with Gasteiger partial charge in [-0.15, -0.1) is 0 Å². The van der Waals surface area contributed by atoms with Gasteiger partial charge in [0.15, 0.2) is 0 Å². The molecule has 3 atom stereocenters. The summed E-state index contributed by atoms with van der Waals surface area (Å²) < 4.78 is 5.81. The van der Waals surface area contributed by atoms with Gasteiger partial charge in [-0.1, -0.05) is 0 Å². The van der Waals surface area contributed by atoms with Crippen LogP contribution in [-0.4, -0.2) is 35.6 Å². The molecule has 3 rings (SSSR count). The number of aromatic nitrogens is 1. The van der Waals surface area contributed by atoms with Crippen molar-refractivity contribution in [3.05, 3.63) is 24.5 Å². The highest BCUT2D eigenvalue weighted by molar-refractivity contribution is 5.15. The Balaban J connectivity index is 1.60. The van der Waals surface area contributed by atoms with Crippen LogP contribution in [0.4, 0.5) is 0 Å². The maximum atomic E-state index is 5.81. The van der Waals surface area contributed by atoms with Crippen LogP contribution < -0.4 is 4.74 Å². The first-order valence-electron chi connectivity index (χ1n) is 6.09. The van der Waals surface area contributed by atoms with E-state index in [0.717, 1.165) is 24.3 Å². The Morgan fingerprint density at radius 1 is 1.50 bits per heavy atom. The van der Waals surface area contributed by atoms with Crippen LogP contribution in [0.2, 0.25) is 0 Å². The minimum Gasteiger partial charge on any atom is -0.490 e.